The fourth-order valence-corrected chi connectivity index (χ4v) is 1.30. The quantitative estimate of drug-likeness (QED) is 0.345. The van der Waals surface area contributed by atoms with Gasteiger partial charge in [0.1, 0.15) is 0 Å². The van der Waals surface area contributed by atoms with Gasteiger partial charge in [0.2, 0.25) is 0 Å². The average molecular weight is 365 g/mol. The Kier molecular flexibility index (Phi) is 8.19. The fourth-order valence-electron chi connectivity index (χ4n) is 1.30. The van der Waals surface area contributed by atoms with Crippen LogP contribution in [0.25, 0.3) is 11.1 Å². The third kappa shape index (κ3) is 8.17. The number of nitrogens with two attached hydrogens (primary N) is 1. The maximum absolute atomic E-state index is 5.83. The van der Waals surface area contributed by atoms with Gasteiger partial charge in [-0.15, -0.1) is 45.1 Å². The van der Waals surface area contributed by atoms with E-state index in [1.807, 2.05) is 48.5 Å². The van der Waals surface area contributed by atoms with E-state index in [-0.39, 0.29) is 20.4 Å². The Labute approximate surface area is 132 Å². The maximum atomic E-state index is 5.83. The van der Waals surface area contributed by atoms with E-state index in [1.165, 1.54) is 0 Å². The van der Waals surface area contributed by atoms with Gasteiger partial charge in [-0.05, 0) is 16.9 Å². The molecular formula is C16H21NPPd-. The van der Waals surface area contributed by atoms with Crippen LogP contribution in [0.4, 0.5) is 5.69 Å². The number of nitrogen functional groups attached to an aromatic ring is 1. The molecule has 19 heavy (non-hydrogen) atoms. The predicted octanol–water partition coefficient (Wildman–Crippen LogP) is 4.39. The third-order valence-electron chi connectivity index (χ3n) is 1.96. The van der Waals surface area contributed by atoms with Crippen LogP contribution in [-0.4, -0.2) is 5.16 Å². The van der Waals surface area contributed by atoms with Crippen LogP contribution in [0.1, 0.15) is 20.8 Å². The molecule has 0 aliphatic rings. The molecule has 0 aliphatic carbocycles. The van der Waals surface area contributed by atoms with Crippen molar-refractivity contribution >= 4 is 14.9 Å². The normalized spacial score (nSPS) is 9.89. The molecule has 0 amide bonds. The first kappa shape index (κ1) is 18.3. The largest absolute Gasteiger partial charge is 0.406 e. The second-order valence-electron chi connectivity index (χ2n) is 5.23. The smallest absolute Gasteiger partial charge is 0 e. The Morgan fingerprint density at radius 2 is 1.53 bits per heavy atom. The molecule has 1 nitrogen and oxygen atoms in total. The molecule has 3 heteroatoms. The van der Waals surface area contributed by atoms with Crippen LogP contribution in [0.5, 0.6) is 0 Å². The number of anilines is 1. The van der Waals surface area contributed by atoms with E-state index in [0.717, 1.165) is 16.8 Å². The van der Waals surface area contributed by atoms with Crippen molar-refractivity contribution in [3.8, 4) is 11.1 Å². The molecule has 0 saturated carbocycles. The summed E-state index contributed by atoms with van der Waals surface area (Å²) in [6.45, 7) is 6.45. The zero-order valence-corrected chi connectivity index (χ0v) is 14.3. The third-order valence-corrected chi connectivity index (χ3v) is 1.96. The van der Waals surface area contributed by atoms with Gasteiger partial charge in [-0.3, -0.25) is 0 Å². The van der Waals surface area contributed by atoms with E-state index in [2.05, 4.69) is 36.1 Å². The van der Waals surface area contributed by atoms with E-state index in [0.29, 0.717) is 5.16 Å². The zero-order chi connectivity index (χ0) is 13.6. The van der Waals surface area contributed by atoms with Gasteiger partial charge in [-0.2, -0.15) is 0 Å². The van der Waals surface area contributed by atoms with Crippen LogP contribution < -0.4 is 5.73 Å². The Morgan fingerprint density at radius 3 is 2.00 bits per heavy atom. The minimum Gasteiger partial charge on any atom is -0.406 e. The van der Waals surface area contributed by atoms with Gasteiger partial charge in [0.05, 0.1) is 0 Å². The van der Waals surface area contributed by atoms with Crippen LogP contribution >= 0.6 is 9.24 Å². The molecule has 0 saturated heterocycles. The van der Waals surface area contributed by atoms with Crippen LogP contribution in [-0.2, 0) is 20.4 Å². The van der Waals surface area contributed by atoms with E-state index in [1.54, 1.807) is 0 Å². The van der Waals surface area contributed by atoms with Crippen LogP contribution in [0.2, 0.25) is 0 Å². The number of para-hydroxylation sites is 1. The molecule has 0 aliphatic heterocycles. The van der Waals surface area contributed by atoms with E-state index in [9.17, 15) is 0 Å². The summed E-state index contributed by atoms with van der Waals surface area (Å²) in [4.78, 5) is 0. The molecule has 2 rings (SSSR count). The molecule has 0 spiro atoms. The Morgan fingerprint density at radius 1 is 1.00 bits per heavy atom. The maximum Gasteiger partial charge on any atom is 0 e. The van der Waals surface area contributed by atoms with Gasteiger partial charge >= 0.3 is 0 Å². The van der Waals surface area contributed by atoms with Crippen LogP contribution in [0, 0.1) is 6.07 Å². The topological polar surface area (TPSA) is 26.0 Å². The number of hydrogen-bond acceptors (Lipinski definition) is 1. The van der Waals surface area contributed by atoms with Crippen molar-refractivity contribution < 1.29 is 20.4 Å². The molecule has 0 bridgehead atoms. The van der Waals surface area contributed by atoms with Crippen molar-refractivity contribution in [2.45, 2.75) is 25.9 Å². The Hall–Kier alpha value is -0.668. The first-order chi connectivity index (χ1) is 8.38. The molecule has 1 unspecified atom stereocenters. The van der Waals surface area contributed by atoms with Crippen LogP contribution in [0.3, 0.4) is 0 Å². The summed E-state index contributed by atoms with van der Waals surface area (Å²) in [6, 6.07) is 18.8. The van der Waals surface area contributed by atoms with E-state index >= 15 is 0 Å². The van der Waals surface area contributed by atoms with Gasteiger partial charge in [-0.25, -0.2) is 0 Å². The first-order valence-corrected chi connectivity index (χ1v) is 6.56. The summed E-state index contributed by atoms with van der Waals surface area (Å²) in [5.74, 6) is 0. The monoisotopic (exact) mass is 364 g/mol. The van der Waals surface area contributed by atoms with Crippen molar-refractivity contribution in [1.29, 1.82) is 0 Å². The minimum atomic E-state index is 0. The molecule has 2 N–H and O–H groups in total. The summed E-state index contributed by atoms with van der Waals surface area (Å²) in [6.07, 6.45) is 0. The molecule has 1 atom stereocenters. The Balaban J connectivity index is 0.000000471. The van der Waals surface area contributed by atoms with Gasteiger partial charge in [0.15, 0.2) is 0 Å². The zero-order valence-electron chi connectivity index (χ0n) is 11.6. The molecule has 0 aromatic heterocycles. The summed E-state index contributed by atoms with van der Waals surface area (Å²) in [5.41, 5.74) is 8.72. The van der Waals surface area contributed by atoms with Gasteiger partial charge < -0.3 is 5.73 Å². The van der Waals surface area contributed by atoms with Crippen molar-refractivity contribution in [2.75, 3.05) is 5.73 Å². The van der Waals surface area contributed by atoms with E-state index < -0.39 is 0 Å². The average Bonchev–Trinajstić information content (AvgIpc) is 2.29. The van der Waals surface area contributed by atoms with E-state index in [4.69, 9.17) is 5.73 Å². The van der Waals surface area contributed by atoms with Crippen molar-refractivity contribution in [3.05, 3.63) is 54.6 Å². The fraction of sp³-hybridized carbons (Fsp3) is 0.250. The molecule has 0 fully saturated rings. The Bertz CT molecular complexity index is 472. The second kappa shape index (κ2) is 8.49. The number of hydrogen-bond donors (Lipinski definition) is 1. The SMILES string of the molecule is CC(C)(C)P.Nc1ccccc1-c1[c-]cccc1.[Pd]. The molecule has 0 radical (unpaired) electrons. The molecule has 2 aromatic rings. The summed E-state index contributed by atoms with van der Waals surface area (Å²) in [5, 5.41) is 0.417. The minimum absolute atomic E-state index is 0. The molecule has 106 valence electrons. The van der Waals surface area contributed by atoms with Crippen LogP contribution in [0.15, 0.2) is 48.5 Å². The molecular weight excluding hydrogens is 344 g/mol. The predicted molar refractivity (Wildman–Crippen MR) is 84.6 cm³/mol. The van der Waals surface area contributed by atoms with Crippen molar-refractivity contribution in [1.82, 2.24) is 0 Å². The summed E-state index contributed by atoms with van der Waals surface area (Å²) in [7, 11) is 2.72. The summed E-state index contributed by atoms with van der Waals surface area (Å²) >= 11 is 0. The number of benzene rings is 2. The van der Waals surface area contributed by atoms with Gasteiger partial charge in [0.25, 0.3) is 0 Å². The number of rotatable bonds is 1. The van der Waals surface area contributed by atoms with Crippen molar-refractivity contribution in [3.63, 3.8) is 0 Å². The van der Waals surface area contributed by atoms with Gasteiger partial charge in [-0.1, -0.05) is 44.5 Å². The molecule has 2 aromatic carbocycles. The van der Waals surface area contributed by atoms with Crippen molar-refractivity contribution in [2.24, 2.45) is 0 Å². The first-order valence-electron chi connectivity index (χ1n) is 5.98. The standard InChI is InChI=1S/C12H10N.C4H11P.Pd/c13-12-9-5-4-8-11(12)10-6-2-1-3-7-10;1-4(2,3)5;/h1-6,8-9H,13H2;5H2,1-3H3;/q-1;;. The summed E-state index contributed by atoms with van der Waals surface area (Å²) < 4.78 is 0. The second-order valence-corrected chi connectivity index (χ2v) is 6.96. The molecule has 0 heterocycles. The van der Waals surface area contributed by atoms with Gasteiger partial charge in [0, 0.05) is 20.4 Å².